The summed E-state index contributed by atoms with van der Waals surface area (Å²) in [5.74, 6) is 0.352. The normalized spacial score (nSPS) is 10.6. The summed E-state index contributed by atoms with van der Waals surface area (Å²) in [6.45, 7) is 3.73. The standard InChI is InChI=1S/C19H16Cl2N2O2S/c1-11-8-15(21)6-7-16(11)25-10-17(24)22-19-23-18(12(2)26-19)13-4-3-5-14(20)9-13/h3-9H,10H2,1-2H3,(H,22,23,24). The summed E-state index contributed by atoms with van der Waals surface area (Å²) in [6, 6.07) is 12.7. The van der Waals surface area contributed by atoms with Gasteiger partial charge in [-0.3, -0.25) is 10.1 Å². The van der Waals surface area contributed by atoms with Crippen molar-refractivity contribution in [3.05, 3.63) is 63.0 Å². The quantitative estimate of drug-likeness (QED) is 0.586. The van der Waals surface area contributed by atoms with E-state index in [4.69, 9.17) is 27.9 Å². The third-order valence-electron chi connectivity index (χ3n) is 3.64. The lowest BCUT2D eigenvalue weighted by atomic mass is 10.1. The molecule has 7 heteroatoms. The van der Waals surface area contributed by atoms with Crippen LogP contribution in [0.4, 0.5) is 5.13 Å². The van der Waals surface area contributed by atoms with Crippen molar-refractivity contribution in [1.29, 1.82) is 0 Å². The van der Waals surface area contributed by atoms with Gasteiger partial charge in [-0.25, -0.2) is 4.98 Å². The number of anilines is 1. The number of thiazole rings is 1. The number of halogens is 2. The van der Waals surface area contributed by atoms with Crippen LogP contribution in [-0.2, 0) is 4.79 Å². The topological polar surface area (TPSA) is 51.2 Å². The van der Waals surface area contributed by atoms with Crippen LogP contribution in [0.15, 0.2) is 42.5 Å². The fourth-order valence-corrected chi connectivity index (χ4v) is 3.70. The number of amides is 1. The molecule has 0 fully saturated rings. The first-order valence-corrected chi connectivity index (χ1v) is 9.42. The molecule has 0 radical (unpaired) electrons. The van der Waals surface area contributed by atoms with E-state index in [0.29, 0.717) is 20.9 Å². The van der Waals surface area contributed by atoms with E-state index >= 15 is 0 Å². The Bertz CT molecular complexity index is 956. The number of benzene rings is 2. The highest BCUT2D eigenvalue weighted by atomic mass is 35.5. The fourth-order valence-electron chi connectivity index (χ4n) is 2.43. The zero-order valence-corrected chi connectivity index (χ0v) is 16.5. The molecule has 3 aromatic rings. The van der Waals surface area contributed by atoms with Crippen LogP contribution in [0.2, 0.25) is 10.0 Å². The second-order valence-corrected chi connectivity index (χ2v) is 7.76. The molecule has 1 heterocycles. The first-order chi connectivity index (χ1) is 12.4. The molecule has 1 amide bonds. The smallest absolute Gasteiger partial charge is 0.264 e. The molecular formula is C19H16Cl2N2O2S. The molecule has 0 aliphatic heterocycles. The minimum absolute atomic E-state index is 0.104. The van der Waals surface area contributed by atoms with Gasteiger partial charge in [0.1, 0.15) is 5.75 Å². The van der Waals surface area contributed by atoms with Crippen molar-refractivity contribution in [3.63, 3.8) is 0 Å². The maximum absolute atomic E-state index is 12.2. The van der Waals surface area contributed by atoms with Gasteiger partial charge < -0.3 is 4.74 Å². The Balaban J connectivity index is 1.65. The van der Waals surface area contributed by atoms with Gasteiger partial charge in [0.25, 0.3) is 5.91 Å². The summed E-state index contributed by atoms with van der Waals surface area (Å²) in [5, 5.41) is 4.58. The molecule has 2 aromatic carbocycles. The Morgan fingerprint density at radius 2 is 1.92 bits per heavy atom. The van der Waals surface area contributed by atoms with Gasteiger partial charge >= 0.3 is 0 Å². The van der Waals surface area contributed by atoms with E-state index < -0.39 is 0 Å². The van der Waals surface area contributed by atoms with Gasteiger partial charge in [0.05, 0.1) is 5.69 Å². The van der Waals surface area contributed by atoms with Crippen molar-refractivity contribution < 1.29 is 9.53 Å². The molecule has 3 rings (SSSR count). The Hall–Kier alpha value is -2.08. The van der Waals surface area contributed by atoms with Crippen LogP contribution in [0.3, 0.4) is 0 Å². The number of hydrogen-bond acceptors (Lipinski definition) is 4. The molecule has 4 nitrogen and oxygen atoms in total. The van der Waals surface area contributed by atoms with Gasteiger partial charge in [-0.15, -0.1) is 11.3 Å². The fraction of sp³-hybridized carbons (Fsp3) is 0.158. The molecule has 0 saturated carbocycles. The summed E-state index contributed by atoms with van der Waals surface area (Å²) in [6.07, 6.45) is 0. The average molecular weight is 407 g/mol. The summed E-state index contributed by atoms with van der Waals surface area (Å²) >= 11 is 13.4. The van der Waals surface area contributed by atoms with Crippen molar-refractivity contribution in [2.45, 2.75) is 13.8 Å². The van der Waals surface area contributed by atoms with E-state index in [9.17, 15) is 4.79 Å². The molecule has 1 N–H and O–H groups in total. The molecule has 134 valence electrons. The number of nitrogens with zero attached hydrogens (tertiary/aromatic N) is 1. The SMILES string of the molecule is Cc1cc(Cl)ccc1OCC(=O)Nc1nc(-c2cccc(Cl)c2)c(C)s1. The third kappa shape index (κ3) is 4.55. The van der Waals surface area contributed by atoms with Crippen LogP contribution in [0.25, 0.3) is 11.3 Å². The van der Waals surface area contributed by atoms with Crippen molar-refractivity contribution >= 4 is 45.6 Å². The van der Waals surface area contributed by atoms with Crippen LogP contribution in [0.5, 0.6) is 5.75 Å². The van der Waals surface area contributed by atoms with Crippen LogP contribution < -0.4 is 10.1 Å². The van der Waals surface area contributed by atoms with E-state index in [2.05, 4.69) is 10.3 Å². The molecule has 0 bridgehead atoms. The second-order valence-electron chi connectivity index (χ2n) is 5.68. The summed E-state index contributed by atoms with van der Waals surface area (Å²) in [7, 11) is 0. The number of ether oxygens (including phenoxy) is 1. The predicted molar refractivity (Wildman–Crippen MR) is 108 cm³/mol. The Kier molecular flexibility index (Phi) is 5.81. The van der Waals surface area contributed by atoms with E-state index in [0.717, 1.165) is 21.7 Å². The number of carbonyl (C=O) groups is 1. The number of aromatic nitrogens is 1. The van der Waals surface area contributed by atoms with Crippen molar-refractivity contribution in [2.24, 2.45) is 0 Å². The number of carbonyl (C=O) groups excluding carboxylic acids is 1. The molecule has 0 unspecified atom stereocenters. The second kappa shape index (κ2) is 8.08. The van der Waals surface area contributed by atoms with Crippen LogP contribution >= 0.6 is 34.5 Å². The van der Waals surface area contributed by atoms with Crippen LogP contribution in [0, 0.1) is 13.8 Å². The van der Waals surface area contributed by atoms with Gasteiger partial charge in [0.2, 0.25) is 0 Å². The molecule has 0 spiro atoms. The summed E-state index contributed by atoms with van der Waals surface area (Å²) in [5.41, 5.74) is 2.60. The van der Waals surface area contributed by atoms with E-state index in [1.807, 2.05) is 38.1 Å². The summed E-state index contributed by atoms with van der Waals surface area (Å²) < 4.78 is 5.55. The lowest BCUT2D eigenvalue weighted by molar-refractivity contribution is -0.118. The van der Waals surface area contributed by atoms with Gasteiger partial charge in [-0.2, -0.15) is 0 Å². The van der Waals surface area contributed by atoms with E-state index in [1.165, 1.54) is 11.3 Å². The van der Waals surface area contributed by atoms with Crippen molar-refractivity contribution in [3.8, 4) is 17.0 Å². The maximum atomic E-state index is 12.2. The molecule has 0 atom stereocenters. The van der Waals surface area contributed by atoms with Crippen LogP contribution in [-0.4, -0.2) is 17.5 Å². The Morgan fingerprint density at radius 3 is 2.65 bits per heavy atom. The number of hydrogen-bond donors (Lipinski definition) is 1. The van der Waals surface area contributed by atoms with Gasteiger partial charge in [-0.05, 0) is 49.7 Å². The van der Waals surface area contributed by atoms with E-state index in [1.54, 1.807) is 18.2 Å². The van der Waals surface area contributed by atoms with Gasteiger partial charge in [-0.1, -0.05) is 35.3 Å². The highest BCUT2D eigenvalue weighted by Crippen LogP contribution is 2.31. The monoisotopic (exact) mass is 406 g/mol. The van der Waals surface area contributed by atoms with Crippen molar-refractivity contribution in [1.82, 2.24) is 4.98 Å². The third-order valence-corrected chi connectivity index (χ3v) is 4.99. The average Bonchev–Trinajstić information content (AvgIpc) is 2.94. The van der Waals surface area contributed by atoms with Gasteiger partial charge in [0, 0.05) is 20.5 Å². The van der Waals surface area contributed by atoms with Gasteiger partial charge in [0.15, 0.2) is 11.7 Å². The first-order valence-electron chi connectivity index (χ1n) is 7.84. The molecular weight excluding hydrogens is 391 g/mol. The molecule has 0 saturated heterocycles. The number of aryl methyl sites for hydroxylation is 2. The highest BCUT2D eigenvalue weighted by Gasteiger charge is 2.13. The lowest BCUT2D eigenvalue weighted by Gasteiger charge is -2.08. The largest absolute Gasteiger partial charge is 0.483 e. The Morgan fingerprint density at radius 1 is 1.15 bits per heavy atom. The molecule has 26 heavy (non-hydrogen) atoms. The highest BCUT2D eigenvalue weighted by molar-refractivity contribution is 7.16. The maximum Gasteiger partial charge on any atom is 0.264 e. The molecule has 0 aliphatic carbocycles. The molecule has 1 aromatic heterocycles. The molecule has 0 aliphatic rings. The van der Waals surface area contributed by atoms with Crippen molar-refractivity contribution in [2.75, 3.05) is 11.9 Å². The number of rotatable bonds is 5. The van der Waals surface area contributed by atoms with E-state index in [-0.39, 0.29) is 12.5 Å². The Labute approximate surface area is 165 Å². The predicted octanol–water partition coefficient (Wildman–Crippen LogP) is 5.75. The van der Waals surface area contributed by atoms with Crippen LogP contribution in [0.1, 0.15) is 10.4 Å². The number of nitrogens with one attached hydrogen (secondary N) is 1. The zero-order chi connectivity index (χ0) is 18.7. The first kappa shape index (κ1) is 18.7. The summed E-state index contributed by atoms with van der Waals surface area (Å²) in [4.78, 5) is 17.7. The lowest BCUT2D eigenvalue weighted by Crippen LogP contribution is -2.20. The minimum atomic E-state index is -0.272. The zero-order valence-electron chi connectivity index (χ0n) is 14.2. The minimum Gasteiger partial charge on any atom is -0.483 e.